The summed E-state index contributed by atoms with van der Waals surface area (Å²) in [5, 5.41) is 1.09. The lowest BCUT2D eigenvalue weighted by Gasteiger charge is -2.08. The maximum absolute atomic E-state index is 5.97. The summed E-state index contributed by atoms with van der Waals surface area (Å²) in [5.74, 6) is 0. The van der Waals surface area contributed by atoms with Gasteiger partial charge in [0.2, 0.25) is 0 Å². The van der Waals surface area contributed by atoms with Crippen molar-refractivity contribution in [2.45, 2.75) is 9.79 Å². The zero-order valence-corrected chi connectivity index (χ0v) is 12.4. The third-order valence-corrected chi connectivity index (χ3v) is 4.92. The fourth-order valence-electron chi connectivity index (χ4n) is 1.91. The number of pyridine rings is 1. The first-order chi connectivity index (χ1) is 9.25. The predicted molar refractivity (Wildman–Crippen MR) is 84.4 cm³/mol. The summed E-state index contributed by atoms with van der Waals surface area (Å²) in [6.45, 7) is 0. The van der Waals surface area contributed by atoms with Crippen molar-refractivity contribution in [3.05, 3.63) is 59.2 Å². The molecule has 0 amide bonds. The van der Waals surface area contributed by atoms with Gasteiger partial charge in [0.05, 0.1) is 11.2 Å². The molecule has 19 heavy (non-hydrogen) atoms. The molecule has 2 nitrogen and oxygen atoms in total. The molecule has 0 bridgehead atoms. The number of anilines is 1. The van der Waals surface area contributed by atoms with Crippen molar-refractivity contribution >= 4 is 44.3 Å². The Kier molecular flexibility index (Phi) is 3.44. The second kappa shape index (κ2) is 5.23. The van der Waals surface area contributed by atoms with Gasteiger partial charge in [0.1, 0.15) is 0 Å². The summed E-state index contributed by atoms with van der Waals surface area (Å²) in [7, 11) is 0. The van der Waals surface area contributed by atoms with Crippen LogP contribution in [-0.4, -0.2) is 4.98 Å². The van der Waals surface area contributed by atoms with E-state index >= 15 is 0 Å². The number of hydrogen-bond donors (Lipinski definition) is 1. The van der Waals surface area contributed by atoms with Gasteiger partial charge in [0.15, 0.2) is 0 Å². The van der Waals surface area contributed by atoms with Gasteiger partial charge in [-0.15, -0.1) is 0 Å². The van der Waals surface area contributed by atoms with Gasteiger partial charge in [-0.1, -0.05) is 36.0 Å². The molecule has 94 valence electrons. The van der Waals surface area contributed by atoms with Crippen LogP contribution in [0.15, 0.2) is 69.0 Å². The standard InChI is InChI=1S/C15H11BrN2S/c16-11-5-1-2-7-14(11)19-13-8-9-18-15-10(13)4-3-6-12(15)17/h1-9H,17H2. The van der Waals surface area contributed by atoms with Crippen molar-refractivity contribution in [2.24, 2.45) is 0 Å². The molecule has 0 aliphatic carbocycles. The molecule has 0 spiro atoms. The van der Waals surface area contributed by atoms with Gasteiger partial charge in [-0.25, -0.2) is 0 Å². The second-order valence-electron chi connectivity index (χ2n) is 4.08. The molecule has 2 aromatic carbocycles. The highest BCUT2D eigenvalue weighted by atomic mass is 79.9. The van der Waals surface area contributed by atoms with E-state index < -0.39 is 0 Å². The van der Waals surface area contributed by atoms with Gasteiger partial charge < -0.3 is 5.73 Å². The number of nitrogens with zero attached hydrogens (tertiary/aromatic N) is 1. The topological polar surface area (TPSA) is 38.9 Å². The smallest absolute Gasteiger partial charge is 0.0942 e. The largest absolute Gasteiger partial charge is 0.397 e. The number of nitrogen functional groups attached to an aromatic ring is 1. The van der Waals surface area contributed by atoms with Crippen LogP contribution in [0.3, 0.4) is 0 Å². The van der Waals surface area contributed by atoms with Gasteiger partial charge in [-0.2, -0.15) is 0 Å². The Labute approximate surface area is 124 Å². The molecule has 0 atom stereocenters. The highest BCUT2D eigenvalue weighted by Crippen LogP contribution is 2.37. The van der Waals surface area contributed by atoms with E-state index in [2.05, 4.69) is 33.0 Å². The molecule has 0 radical (unpaired) electrons. The summed E-state index contributed by atoms with van der Waals surface area (Å²) < 4.78 is 1.09. The van der Waals surface area contributed by atoms with E-state index in [-0.39, 0.29) is 0 Å². The van der Waals surface area contributed by atoms with Crippen LogP contribution < -0.4 is 5.73 Å². The van der Waals surface area contributed by atoms with Gasteiger partial charge in [0, 0.05) is 25.8 Å². The van der Waals surface area contributed by atoms with Crippen molar-refractivity contribution in [1.82, 2.24) is 4.98 Å². The van der Waals surface area contributed by atoms with Crippen LogP contribution in [0.5, 0.6) is 0 Å². The third kappa shape index (κ3) is 2.46. The molecular formula is C15H11BrN2S. The van der Waals surface area contributed by atoms with Gasteiger partial charge in [-0.3, -0.25) is 4.98 Å². The molecule has 0 saturated carbocycles. The Morgan fingerprint density at radius 1 is 0.947 bits per heavy atom. The molecule has 0 saturated heterocycles. The molecule has 4 heteroatoms. The van der Waals surface area contributed by atoms with Crippen molar-refractivity contribution in [3.8, 4) is 0 Å². The maximum Gasteiger partial charge on any atom is 0.0942 e. The van der Waals surface area contributed by atoms with E-state index in [1.165, 1.54) is 4.90 Å². The van der Waals surface area contributed by atoms with E-state index in [0.29, 0.717) is 5.69 Å². The first-order valence-electron chi connectivity index (χ1n) is 5.81. The number of aromatic nitrogens is 1. The molecule has 0 aliphatic heterocycles. The fraction of sp³-hybridized carbons (Fsp3) is 0. The van der Waals surface area contributed by atoms with Gasteiger partial charge in [-0.05, 0) is 40.2 Å². The van der Waals surface area contributed by atoms with Crippen LogP contribution >= 0.6 is 27.7 Å². The van der Waals surface area contributed by atoms with Crippen molar-refractivity contribution < 1.29 is 0 Å². The summed E-state index contributed by atoms with van der Waals surface area (Å²) in [6.07, 6.45) is 1.80. The van der Waals surface area contributed by atoms with Crippen LogP contribution in [-0.2, 0) is 0 Å². The lowest BCUT2D eigenvalue weighted by Crippen LogP contribution is -1.90. The quantitative estimate of drug-likeness (QED) is 0.690. The number of para-hydroxylation sites is 1. The third-order valence-electron chi connectivity index (χ3n) is 2.82. The number of benzene rings is 2. The van der Waals surface area contributed by atoms with Crippen LogP contribution in [0, 0.1) is 0 Å². The Balaban J connectivity index is 2.12. The lowest BCUT2D eigenvalue weighted by molar-refractivity contribution is 1.34. The van der Waals surface area contributed by atoms with E-state index in [1.807, 2.05) is 36.4 Å². The van der Waals surface area contributed by atoms with E-state index in [9.17, 15) is 0 Å². The molecule has 3 aromatic rings. The SMILES string of the molecule is Nc1cccc2c(Sc3ccccc3Br)ccnc12. The minimum atomic E-state index is 0.715. The number of rotatable bonds is 2. The minimum absolute atomic E-state index is 0.715. The average Bonchev–Trinajstić information content (AvgIpc) is 2.42. The normalized spacial score (nSPS) is 10.8. The highest BCUT2D eigenvalue weighted by molar-refractivity contribution is 9.10. The Hall–Kier alpha value is -1.52. The summed E-state index contributed by atoms with van der Waals surface area (Å²) in [4.78, 5) is 6.69. The molecule has 1 heterocycles. The molecule has 0 aliphatic rings. The van der Waals surface area contributed by atoms with Gasteiger partial charge in [0.25, 0.3) is 0 Å². The Bertz CT molecular complexity index is 743. The van der Waals surface area contributed by atoms with Crippen LogP contribution in [0.2, 0.25) is 0 Å². The van der Waals surface area contributed by atoms with Crippen molar-refractivity contribution in [1.29, 1.82) is 0 Å². The van der Waals surface area contributed by atoms with Crippen molar-refractivity contribution in [3.63, 3.8) is 0 Å². The first kappa shape index (κ1) is 12.5. The highest BCUT2D eigenvalue weighted by Gasteiger charge is 2.07. The predicted octanol–water partition coefficient (Wildman–Crippen LogP) is 4.73. The lowest BCUT2D eigenvalue weighted by atomic mass is 10.2. The van der Waals surface area contributed by atoms with Crippen LogP contribution in [0.25, 0.3) is 10.9 Å². The zero-order chi connectivity index (χ0) is 13.2. The van der Waals surface area contributed by atoms with Crippen LogP contribution in [0.1, 0.15) is 0 Å². The zero-order valence-electron chi connectivity index (χ0n) is 10.0. The van der Waals surface area contributed by atoms with Crippen LogP contribution in [0.4, 0.5) is 5.69 Å². The second-order valence-corrected chi connectivity index (χ2v) is 6.02. The number of halogens is 1. The molecule has 1 aromatic heterocycles. The van der Waals surface area contributed by atoms with E-state index in [0.717, 1.165) is 20.3 Å². The summed E-state index contributed by atoms with van der Waals surface area (Å²) >= 11 is 5.28. The molecular weight excluding hydrogens is 320 g/mol. The fourth-order valence-corrected chi connectivity index (χ4v) is 3.39. The average molecular weight is 331 g/mol. The van der Waals surface area contributed by atoms with Crippen molar-refractivity contribution in [2.75, 3.05) is 5.73 Å². The van der Waals surface area contributed by atoms with Gasteiger partial charge >= 0.3 is 0 Å². The minimum Gasteiger partial charge on any atom is -0.397 e. The Morgan fingerprint density at radius 2 is 1.79 bits per heavy atom. The maximum atomic E-state index is 5.97. The molecule has 0 fully saturated rings. The number of fused-ring (bicyclic) bond motifs is 1. The molecule has 0 unspecified atom stereocenters. The number of hydrogen-bond acceptors (Lipinski definition) is 3. The monoisotopic (exact) mass is 330 g/mol. The molecule has 2 N–H and O–H groups in total. The summed E-state index contributed by atoms with van der Waals surface area (Å²) in [6, 6.07) is 16.1. The van der Waals surface area contributed by atoms with E-state index in [4.69, 9.17) is 5.73 Å². The number of nitrogens with two attached hydrogens (primary N) is 1. The molecule has 3 rings (SSSR count). The first-order valence-corrected chi connectivity index (χ1v) is 7.42. The summed E-state index contributed by atoms with van der Waals surface area (Å²) in [5.41, 5.74) is 7.54. The van der Waals surface area contributed by atoms with E-state index in [1.54, 1.807) is 18.0 Å². The Morgan fingerprint density at radius 3 is 2.63 bits per heavy atom.